The van der Waals surface area contributed by atoms with E-state index in [4.69, 9.17) is 4.74 Å². The van der Waals surface area contributed by atoms with Crippen molar-refractivity contribution >= 4 is 17.4 Å². The molecule has 0 aromatic heterocycles. The standard InChI is InChI=1S/C18H23NO4/c1-5-19-14-7-6-11(2)8-12(14)18(22,16(19)21)13-10-23-17(3,4)9-15(13)20/h6-8,13,22H,5,9-10H2,1-4H3/t13-,18+/m1/s1. The first-order valence-electron chi connectivity index (χ1n) is 8.03. The van der Waals surface area contributed by atoms with Gasteiger partial charge >= 0.3 is 0 Å². The summed E-state index contributed by atoms with van der Waals surface area (Å²) in [6, 6.07) is 5.54. The number of carbonyl (C=O) groups is 2. The van der Waals surface area contributed by atoms with Gasteiger partial charge in [0.05, 0.1) is 23.8 Å². The van der Waals surface area contributed by atoms with Crippen LogP contribution in [0, 0.1) is 12.8 Å². The van der Waals surface area contributed by atoms with Crippen molar-refractivity contribution in [1.82, 2.24) is 0 Å². The summed E-state index contributed by atoms with van der Waals surface area (Å²) in [7, 11) is 0. The van der Waals surface area contributed by atoms with E-state index in [1.165, 1.54) is 0 Å². The van der Waals surface area contributed by atoms with Gasteiger partial charge in [-0.1, -0.05) is 17.7 Å². The van der Waals surface area contributed by atoms with Gasteiger partial charge in [0.15, 0.2) is 5.60 Å². The molecule has 0 saturated carbocycles. The van der Waals surface area contributed by atoms with E-state index in [9.17, 15) is 14.7 Å². The lowest BCUT2D eigenvalue weighted by Gasteiger charge is -2.39. The largest absolute Gasteiger partial charge is 0.375 e. The number of aliphatic hydroxyl groups is 1. The Morgan fingerprint density at radius 1 is 1.35 bits per heavy atom. The zero-order valence-electron chi connectivity index (χ0n) is 14.0. The van der Waals surface area contributed by atoms with Crippen LogP contribution in [0.4, 0.5) is 5.69 Å². The highest BCUT2D eigenvalue weighted by Gasteiger charge is 2.58. The molecule has 1 aromatic carbocycles. The lowest BCUT2D eigenvalue weighted by atomic mass is 9.75. The molecule has 0 aliphatic carbocycles. The van der Waals surface area contributed by atoms with Gasteiger partial charge < -0.3 is 14.7 Å². The number of aryl methyl sites for hydroxylation is 1. The van der Waals surface area contributed by atoms with E-state index in [1.54, 1.807) is 11.0 Å². The molecule has 0 radical (unpaired) electrons. The second-order valence-electron chi connectivity index (χ2n) is 7.10. The number of Topliss-reactive ketones (excluding diaryl/α,β-unsaturated/α-hetero) is 1. The van der Waals surface area contributed by atoms with E-state index >= 15 is 0 Å². The molecule has 5 nitrogen and oxygen atoms in total. The van der Waals surface area contributed by atoms with Crippen LogP contribution < -0.4 is 4.90 Å². The molecule has 2 aliphatic heterocycles. The Balaban J connectivity index is 2.09. The zero-order chi connectivity index (χ0) is 17.0. The predicted octanol–water partition coefficient (Wildman–Crippen LogP) is 1.93. The molecule has 1 aromatic rings. The van der Waals surface area contributed by atoms with Crippen LogP contribution in [0.3, 0.4) is 0 Å². The molecule has 23 heavy (non-hydrogen) atoms. The van der Waals surface area contributed by atoms with Gasteiger partial charge in [0.25, 0.3) is 5.91 Å². The SMILES string of the molecule is CCN1C(=O)[C@@](O)([C@@H]2COC(C)(C)CC2=O)c2cc(C)ccc21. The van der Waals surface area contributed by atoms with Crippen molar-refractivity contribution in [3.8, 4) is 0 Å². The first-order valence-corrected chi connectivity index (χ1v) is 8.03. The highest BCUT2D eigenvalue weighted by Crippen LogP contribution is 2.47. The molecule has 0 unspecified atom stereocenters. The minimum atomic E-state index is -1.83. The Morgan fingerprint density at radius 3 is 2.65 bits per heavy atom. The summed E-state index contributed by atoms with van der Waals surface area (Å²) >= 11 is 0. The minimum Gasteiger partial charge on any atom is -0.375 e. The number of benzene rings is 1. The van der Waals surface area contributed by atoms with E-state index in [0.717, 1.165) is 5.56 Å². The van der Waals surface area contributed by atoms with Crippen molar-refractivity contribution in [1.29, 1.82) is 0 Å². The summed E-state index contributed by atoms with van der Waals surface area (Å²) in [5.74, 6) is -1.41. The normalized spacial score (nSPS) is 29.8. The summed E-state index contributed by atoms with van der Waals surface area (Å²) in [6.07, 6.45) is 0.195. The first kappa shape index (κ1) is 16.1. The second kappa shape index (κ2) is 5.14. The third-order valence-corrected chi connectivity index (χ3v) is 4.87. The lowest BCUT2D eigenvalue weighted by molar-refractivity contribution is -0.172. The molecule has 0 bridgehead atoms. The van der Waals surface area contributed by atoms with Gasteiger partial charge in [0.2, 0.25) is 0 Å². The summed E-state index contributed by atoms with van der Waals surface area (Å²) in [5, 5.41) is 11.3. The Hall–Kier alpha value is -1.72. The molecule has 5 heteroatoms. The minimum absolute atomic E-state index is 0.0546. The van der Waals surface area contributed by atoms with Gasteiger partial charge in [0, 0.05) is 18.5 Å². The molecule has 2 atom stereocenters. The topological polar surface area (TPSA) is 66.8 Å². The summed E-state index contributed by atoms with van der Waals surface area (Å²) in [6.45, 7) is 7.96. The molecule has 0 spiro atoms. The van der Waals surface area contributed by atoms with Gasteiger partial charge in [-0.25, -0.2) is 0 Å². The maximum atomic E-state index is 12.9. The monoisotopic (exact) mass is 317 g/mol. The summed E-state index contributed by atoms with van der Waals surface area (Å²) < 4.78 is 5.74. The van der Waals surface area contributed by atoms with E-state index in [0.29, 0.717) is 17.8 Å². The fraction of sp³-hybridized carbons (Fsp3) is 0.556. The number of ketones is 1. The molecule has 1 fully saturated rings. The number of carbonyl (C=O) groups excluding carboxylic acids is 2. The van der Waals surface area contributed by atoms with E-state index in [2.05, 4.69) is 0 Å². The summed E-state index contributed by atoms with van der Waals surface area (Å²) in [4.78, 5) is 27.1. The fourth-order valence-electron chi connectivity index (χ4n) is 3.62. The van der Waals surface area contributed by atoms with Crippen LogP contribution in [0.2, 0.25) is 0 Å². The number of hydrogen-bond acceptors (Lipinski definition) is 4. The van der Waals surface area contributed by atoms with Crippen LogP contribution in [0.15, 0.2) is 18.2 Å². The van der Waals surface area contributed by atoms with E-state index < -0.39 is 23.0 Å². The number of hydrogen-bond donors (Lipinski definition) is 1. The van der Waals surface area contributed by atoms with Gasteiger partial charge in [-0.15, -0.1) is 0 Å². The van der Waals surface area contributed by atoms with Crippen LogP contribution in [-0.4, -0.2) is 35.5 Å². The average Bonchev–Trinajstić information content (AvgIpc) is 2.67. The highest BCUT2D eigenvalue weighted by molar-refractivity contribution is 6.09. The van der Waals surface area contributed by atoms with Gasteiger partial charge in [-0.05, 0) is 33.8 Å². The van der Waals surface area contributed by atoms with Crippen LogP contribution in [-0.2, 0) is 19.9 Å². The average molecular weight is 317 g/mol. The van der Waals surface area contributed by atoms with E-state index in [1.807, 2.05) is 39.8 Å². The Bertz CT molecular complexity index is 682. The second-order valence-corrected chi connectivity index (χ2v) is 7.10. The number of fused-ring (bicyclic) bond motifs is 1. The lowest BCUT2D eigenvalue weighted by Crippen LogP contribution is -2.54. The smallest absolute Gasteiger partial charge is 0.264 e. The first-order chi connectivity index (χ1) is 10.7. The molecular formula is C18H23NO4. The van der Waals surface area contributed by atoms with Crippen molar-refractivity contribution in [2.75, 3.05) is 18.1 Å². The molecule has 2 aliphatic rings. The molecule has 124 valence electrons. The molecule has 3 rings (SSSR count). The van der Waals surface area contributed by atoms with Crippen molar-refractivity contribution in [3.63, 3.8) is 0 Å². The van der Waals surface area contributed by atoms with Crippen molar-refractivity contribution < 1.29 is 19.4 Å². The van der Waals surface area contributed by atoms with Crippen LogP contribution in [0.25, 0.3) is 0 Å². The predicted molar refractivity (Wildman–Crippen MR) is 86.2 cm³/mol. The number of nitrogens with zero attached hydrogens (tertiary/aromatic N) is 1. The molecular weight excluding hydrogens is 294 g/mol. The van der Waals surface area contributed by atoms with Crippen molar-refractivity contribution in [2.45, 2.75) is 45.3 Å². The Kier molecular flexibility index (Phi) is 3.61. The summed E-state index contributed by atoms with van der Waals surface area (Å²) in [5.41, 5.74) is -0.233. The van der Waals surface area contributed by atoms with Crippen LogP contribution in [0.5, 0.6) is 0 Å². The Labute approximate surface area is 136 Å². The van der Waals surface area contributed by atoms with Crippen molar-refractivity contribution in [3.05, 3.63) is 29.3 Å². The van der Waals surface area contributed by atoms with Crippen LogP contribution >= 0.6 is 0 Å². The highest BCUT2D eigenvalue weighted by atomic mass is 16.5. The molecule has 2 heterocycles. The van der Waals surface area contributed by atoms with Gasteiger partial charge in [-0.3, -0.25) is 9.59 Å². The number of likely N-dealkylation sites (N-methyl/N-ethyl adjacent to an activating group) is 1. The maximum Gasteiger partial charge on any atom is 0.264 e. The zero-order valence-corrected chi connectivity index (χ0v) is 14.0. The van der Waals surface area contributed by atoms with Gasteiger partial charge in [-0.2, -0.15) is 0 Å². The quantitative estimate of drug-likeness (QED) is 0.905. The molecule has 1 amide bonds. The Morgan fingerprint density at radius 2 is 2.04 bits per heavy atom. The third-order valence-electron chi connectivity index (χ3n) is 4.87. The molecule has 1 saturated heterocycles. The maximum absolute atomic E-state index is 12.9. The number of rotatable bonds is 2. The number of amides is 1. The third kappa shape index (κ3) is 2.30. The van der Waals surface area contributed by atoms with Crippen LogP contribution in [0.1, 0.15) is 38.3 Å². The fourth-order valence-corrected chi connectivity index (χ4v) is 3.62. The van der Waals surface area contributed by atoms with E-state index in [-0.39, 0.29) is 18.8 Å². The molecule has 1 N–H and O–H groups in total. The van der Waals surface area contributed by atoms with Gasteiger partial charge in [0.1, 0.15) is 5.78 Å². The number of ether oxygens (including phenoxy) is 1. The number of anilines is 1. The van der Waals surface area contributed by atoms with Crippen molar-refractivity contribution in [2.24, 2.45) is 5.92 Å².